The molecule has 0 radical (unpaired) electrons. The first kappa shape index (κ1) is 79.8. The minimum atomic E-state index is -0.776. The summed E-state index contributed by atoms with van der Waals surface area (Å²) in [6, 6.07) is 0. The van der Waals surface area contributed by atoms with Gasteiger partial charge >= 0.3 is 17.9 Å². The van der Waals surface area contributed by atoms with Crippen LogP contribution < -0.4 is 0 Å². The minimum Gasteiger partial charge on any atom is -0.462 e. The first-order chi connectivity index (χ1) is 41.0. The molecule has 0 saturated heterocycles. The van der Waals surface area contributed by atoms with Crippen molar-refractivity contribution >= 4 is 17.9 Å². The molecule has 0 spiro atoms. The Morgan fingerprint density at radius 3 is 0.747 bits per heavy atom. The lowest BCUT2D eigenvalue weighted by molar-refractivity contribution is -0.167. The summed E-state index contributed by atoms with van der Waals surface area (Å²) in [5.41, 5.74) is 0. The van der Waals surface area contributed by atoms with Gasteiger partial charge in [-0.15, -0.1) is 0 Å². The Labute approximate surface area is 516 Å². The van der Waals surface area contributed by atoms with E-state index in [1.807, 2.05) is 0 Å². The van der Waals surface area contributed by atoms with E-state index in [4.69, 9.17) is 14.2 Å². The quantitative estimate of drug-likeness (QED) is 0.0261. The molecule has 0 amide bonds. The number of carbonyl (C=O) groups excluding carboxylic acids is 3. The summed E-state index contributed by atoms with van der Waals surface area (Å²) in [5.74, 6) is -0.850. The molecule has 0 heterocycles. The Morgan fingerprint density at radius 2 is 0.470 bits per heavy atom. The highest BCUT2D eigenvalue weighted by molar-refractivity contribution is 5.71. The van der Waals surface area contributed by atoms with Crippen LogP contribution >= 0.6 is 0 Å². The highest BCUT2D eigenvalue weighted by Crippen LogP contribution is 2.18. The Morgan fingerprint density at radius 1 is 0.253 bits per heavy atom. The van der Waals surface area contributed by atoms with Crippen molar-refractivity contribution in [3.05, 3.63) is 72.9 Å². The maximum absolute atomic E-state index is 13.0. The van der Waals surface area contributed by atoms with Gasteiger partial charge in [0.1, 0.15) is 13.2 Å². The predicted octanol–water partition coefficient (Wildman–Crippen LogP) is 25.2. The lowest BCUT2D eigenvalue weighted by Crippen LogP contribution is -2.30. The molecule has 1 atom stereocenters. The van der Waals surface area contributed by atoms with Crippen LogP contribution in [0.5, 0.6) is 0 Å². The second-order valence-electron chi connectivity index (χ2n) is 24.5. The fourth-order valence-corrected chi connectivity index (χ4v) is 10.8. The first-order valence-corrected chi connectivity index (χ1v) is 36.4. The molecular formula is C77H138O6. The second-order valence-corrected chi connectivity index (χ2v) is 24.5. The molecule has 0 aliphatic rings. The molecule has 6 nitrogen and oxygen atoms in total. The number of ether oxygens (including phenoxy) is 3. The van der Waals surface area contributed by atoms with Crippen LogP contribution in [0.15, 0.2) is 72.9 Å². The zero-order valence-electron chi connectivity index (χ0n) is 55.5. The molecule has 482 valence electrons. The van der Waals surface area contributed by atoms with Gasteiger partial charge in [-0.2, -0.15) is 0 Å². The highest BCUT2D eigenvalue weighted by Gasteiger charge is 2.19. The summed E-state index contributed by atoms with van der Waals surface area (Å²) in [7, 11) is 0. The average molecular weight is 1160 g/mol. The summed E-state index contributed by atoms with van der Waals surface area (Å²) in [6.07, 6.45) is 93.6. The van der Waals surface area contributed by atoms with Crippen LogP contribution in [0, 0.1) is 0 Å². The maximum atomic E-state index is 13.0. The number of hydrogen-bond donors (Lipinski definition) is 0. The summed E-state index contributed by atoms with van der Waals surface area (Å²) >= 11 is 0. The maximum Gasteiger partial charge on any atom is 0.306 e. The minimum absolute atomic E-state index is 0.0709. The van der Waals surface area contributed by atoms with Gasteiger partial charge in [0.25, 0.3) is 0 Å². The van der Waals surface area contributed by atoms with Crippen molar-refractivity contribution in [3.63, 3.8) is 0 Å². The number of unbranched alkanes of at least 4 members (excludes halogenated alkanes) is 44. The Balaban J connectivity index is 4.23. The molecule has 0 fully saturated rings. The van der Waals surface area contributed by atoms with E-state index in [0.29, 0.717) is 19.3 Å². The van der Waals surface area contributed by atoms with E-state index >= 15 is 0 Å². The van der Waals surface area contributed by atoms with E-state index in [2.05, 4.69) is 93.7 Å². The highest BCUT2D eigenvalue weighted by atomic mass is 16.6. The van der Waals surface area contributed by atoms with Crippen molar-refractivity contribution in [2.24, 2.45) is 0 Å². The third-order valence-corrected chi connectivity index (χ3v) is 16.2. The number of carbonyl (C=O) groups is 3. The van der Waals surface area contributed by atoms with Gasteiger partial charge in [0.05, 0.1) is 0 Å². The van der Waals surface area contributed by atoms with Crippen LogP contribution in [-0.4, -0.2) is 37.2 Å². The van der Waals surface area contributed by atoms with Gasteiger partial charge in [0, 0.05) is 19.3 Å². The third-order valence-electron chi connectivity index (χ3n) is 16.2. The number of rotatable bonds is 67. The van der Waals surface area contributed by atoms with Gasteiger partial charge in [-0.25, -0.2) is 0 Å². The van der Waals surface area contributed by atoms with Gasteiger partial charge in [-0.1, -0.05) is 344 Å². The monoisotopic (exact) mass is 1160 g/mol. The van der Waals surface area contributed by atoms with Crippen molar-refractivity contribution in [1.82, 2.24) is 0 Å². The zero-order valence-corrected chi connectivity index (χ0v) is 55.5. The summed E-state index contributed by atoms with van der Waals surface area (Å²) in [5, 5.41) is 0. The van der Waals surface area contributed by atoms with Crippen LogP contribution in [0.3, 0.4) is 0 Å². The lowest BCUT2D eigenvalue weighted by atomic mass is 10.0. The van der Waals surface area contributed by atoms with E-state index in [9.17, 15) is 14.4 Å². The van der Waals surface area contributed by atoms with Crippen LogP contribution in [0.1, 0.15) is 380 Å². The molecule has 0 rings (SSSR count). The van der Waals surface area contributed by atoms with Crippen molar-refractivity contribution in [3.8, 4) is 0 Å². The molecule has 0 N–H and O–H groups in total. The standard InChI is InChI=1S/C77H138O6/c1-4-7-10-13-16-19-22-25-28-31-32-33-34-35-36-37-38-39-40-41-42-43-44-47-49-52-55-58-61-64-67-70-76(79)82-73-74(83-77(80)71-68-65-62-59-56-53-50-46-30-27-24-21-18-15-12-9-6-3)72-81-75(78)69-66-63-60-57-54-51-48-45-29-26-23-20-17-14-11-8-5-2/h7,10,16,19,25,27-28,30,32-33,35-36,74H,4-6,8-9,11-15,17-18,20-24,26,29,31,34,37-73H2,1-3H3/b10-7-,19-16-,28-25-,30-27-,33-32-,36-35-. The van der Waals surface area contributed by atoms with Crippen molar-refractivity contribution in [2.75, 3.05) is 13.2 Å². The molecule has 0 aromatic rings. The van der Waals surface area contributed by atoms with E-state index in [1.165, 1.54) is 250 Å². The van der Waals surface area contributed by atoms with E-state index in [0.717, 1.165) is 89.9 Å². The SMILES string of the molecule is CC/C=C\C/C=C\C/C=C\C/C=C\C/C=C\CCCCCCCCCCCCCCCCCC(=O)OCC(COC(=O)CCCCCCCCCCCCCCCCCCC)OC(=O)CCCCCCCCC/C=C\CCCCCCCC. The van der Waals surface area contributed by atoms with E-state index in [-0.39, 0.29) is 31.1 Å². The van der Waals surface area contributed by atoms with Gasteiger partial charge < -0.3 is 14.2 Å². The lowest BCUT2D eigenvalue weighted by Gasteiger charge is -2.18. The van der Waals surface area contributed by atoms with Gasteiger partial charge in [0.2, 0.25) is 0 Å². The van der Waals surface area contributed by atoms with Crippen LogP contribution in [0.2, 0.25) is 0 Å². The zero-order chi connectivity index (χ0) is 59.9. The van der Waals surface area contributed by atoms with Gasteiger partial charge in [0.15, 0.2) is 6.10 Å². The number of esters is 3. The Hall–Kier alpha value is -3.15. The van der Waals surface area contributed by atoms with Crippen LogP contribution in [0.25, 0.3) is 0 Å². The number of hydrogen-bond acceptors (Lipinski definition) is 6. The molecule has 6 heteroatoms. The second kappa shape index (κ2) is 71.3. The topological polar surface area (TPSA) is 78.9 Å². The van der Waals surface area contributed by atoms with Crippen molar-refractivity contribution < 1.29 is 28.6 Å². The third kappa shape index (κ3) is 69.5. The van der Waals surface area contributed by atoms with Crippen molar-refractivity contribution in [1.29, 1.82) is 0 Å². The molecule has 0 aromatic carbocycles. The Bertz CT molecular complexity index is 1520. The Kier molecular flexibility index (Phi) is 68.6. The normalized spacial score (nSPS) is 12.5. The molecular weight excluding hydrogens is 1020 g/mol. The number of allylic oxidation sites excluding steroid dienone is 12. The first-order valence-electron chi connectivity index (χ1n) is 36.4. The molecule has 0 bridgehead atoms. The van der Waals surface area contributed by atoms with Crippen LogP contribution in [0.4, 0.5) is 0 Å². The summed E-state index contributed by atoms with van der Waals surface area (Å²) in [4.78, 5) is 38.5. The molecule has 0 saturated carbocycles. The molecule has 83 heavy (non-hydrogen) atoms. The molecule has 0 aliphatic heterocycles. The largest absolute Gasteiger partial charge is 0.462 e. The fourth-order valence-electron chi connectivity index (χ4n) is 10.8. The molecule has 0 aromatic heterocycles. The smallest absolute Gasteiger partial charge is 0.306 e. The summed E-state index contributed by atoms with van der Waals surface area (Å²) in [6.45, 7) is 6.58. The van der Waals surface area contributed by atoms with Crippen molar-refractivity contribution in [2.45, 2.75) is 386 Å². The van der Waals surface area contributed by atoms with Gasteiger partial charge in [-0.05, 0) is 89.9 Å². The summed E-state index contributed by atoms with van der Waals surface area (Å²) < 4.78 is 17.0. The van der Waals surface area contributed by atoms with E-state index < -0.39 is 6.10 Å². The van der Waals surface area contributed by atoms with Gasteiger partial charge in [-0.3, -0.25) is 14.4 Å². The predicted molar refractivity (Wildman–Crippen MR) is 362 cm³/mol. The average Bonchev–Trinajstić information content (AvgIpc) is 3.49. The van der Waals surface area contributed by atoms with Crippen LogP contribution in [-0.2, 0) is 28.6 Å². The molecule has 1 unspecified atom stereocenters. The fraction of sp³-hybridized carbons (Fsp3) is 0.805. The molecule has 0 aliphatic carbocycles. The van der Waals surface area contributed by atoms with E-state index in [1.54, 1.807) is 0 Å².